The highest BCUT2D eigenvalue weighted by molar-refractivity contribution is 5.55. The van der Waals surface area contributed by atoms with E-state index in [1.807, 2.05) is 50.2 Å². The third-order valence-electron chi connectivity index (χ3n) is 5.79. The summed E-state index contributed by atoms with van der Waals surface area (Å²) in [4.78, 5) is 0. The Morgan fingerprint density at radius 1 is 0.600 bits per heavy atom. The van der Waals surface area contributed by atoms with Gasteiger partial charge in [-0.05, 0) is 54.6 Å². The van der Waals surface area contributed by atoms with Gasteiger partial charge >= 0.3 is 6.18 Å². The highest BCUT2D eigenvalue weighted by Crippen LogP contribution is 2.44. The first kappa shape index (κ1) is 24.0. The van der Waals surface area contributed by atoms with Crippen LogP contribution in [-0.4, -0.2) is 0 Å². The molecular weight excluding hydrogens is 453 g/mol. The molecule has 0 heterocycles. The Kier molecular flexibility index (Phi) is 6.35. The van der Waals surface area contributed by atoms with Crippen molar-refractivity contribution < 1.29 is 22.6 Å². The number of para-hydroxylation sites is 2. The van der Waals surface area contributed by atoms with Crippen molar-refractivity contribution in [1.29, 1.82) is 0 Å². The van der Waals surface area contributed by atoms with E-state index in [2.05, 4.69) is 0 Å². The lowest BCUT2D eigenvalue weighted by Crippen LogP contribution is -2.20. The molecule has 0 spiro atoms. The second-order valence-electron chi connectivity index (χ2n) is 8.64. The Morgan fingerprint density at radius 3 is 1.63 bits per heavy atom. The molecule has 180 valence electrons. The zero-order valence-corrected chi connectivity index (χ0v) is 19.3. The minimum absolute atomic E-state index is 0.0428. The Morgan fingerprint density at radius 2 is 1.09 bits per heavy atom. The number of alkyl halides is 3. The van der Waals surface area contributed by atoms with E-state index in [9.17, 15) is 13.2 Å². The van der Waals surface area contributed by atoms with Crippen molar-refractivity contribution in [2.45, 2.75) is 25.4 Å². The minimum Gasteiger partial charge on any atom is -0.457 e. The van der Waals surface area contributed by atoms with Crippen LogP contribution in [0.5, 0.6) is 23.0 Å². The van der Waals surface area contributed by atoms with Gasteiger partial charge in [-0.3, -0.25) is 0 Å². The van der Waals surface area contributed by atoms with E-state index in [0.29, 0.717) is 22.9 Å². The molecule has 0 fully saturated rings. The van der Waals surface area contributed by atoms with Gasteiger partial charge in [-0.15, -0.1) is 0 Å². The van der Waals surface area contributed by atoms with Gasteiger partial charge in [-0.1, -0.05) is 50.2 Å². The molecule has 4 nitrogen and oxygen atoms in total. The molecule has 0 amide bonds. The summed E-state index contributed by atoms with van der Waals surface area (Å²) in [5, 5.41) is 0. The zero-order valence-electron chi connectivity index (χ0n) is 19.3. The quantitative estimate of drug-likeness (QED) is 0.278. The fraction of sp³-hybridized carbons (Fsp3) is 0.143. The highest BCUT2D eigenvalue weighted by Gasteiger charge is 2.34. The van der Waals surface area contributed by atoms with E-state index in [0.717, 1.165) is 17.2 Å². The van der Waals surface area contributed by atoms with E-state index < -0.39 is 17.2 Å². The van der Waals surface area contributed by atoms with Crippen LogP contribution in [0.2, 0.25) is 0 Å². The maximum absolute atomic E-state index is 13.3. The predicted octanol–water partition coefficient (Wildman–Crippen LogP) is 7.78. The molecule has 0 aliphatic rings. The van der Waals surface area contributed by atoms with Crippen LogP contribution >= 0.6 is 0 Å². The molecule has 4 aromatic carbocycles. The molecule has 0 aliphatic heterocycles. The van der Waals surface area contributed by atoms with Gasteiger partial charge in [0.2, 0.25) is 0 Å². The van der Waals surface area contributed by atoms with Crippen LogP contribution in [0.3, 0.4) is 0 Å². The molecular formula is C28H25F3N2O2. The summed E-state index contributed by atoms with van der Waals surface area (Å²) >= 11 is 0. The molecule has 35 heavy (non-hydrogen) atoms. The summed E-state index contributed by atoms with van der Waals surface area (Å²) < 4.78 is 52.2. The van der Waals surface area contributed by atoms with E-state index in [4.69, 9.17) is 20.9 Å². The van der Waals surface area contributed by atoms with Crippen molar-refractivity contribution in [3.05, 3.63) is 108 Å². The van der Waals surface area contributed by atoms with Crippen LogP contribution < -0.4 is 20.9 Å². The van der Waals surface area contributed by atoms with Crippen LogP contribution in [0, 0.1) is 0 Å². The molecule has 4 N–H and O–H groups in total. The number of halogens is 3. The SMILES string of the molecule is CC(C)(c1ccccc1Oc1ccc(N)cc1)c1ccccc1Oc1ccc(N)c(C(F)(F)F)c1. The zero-order chi connectivity index (χ0) is 25.2. The largest absolute Gasteiger partial charge is 0.457 e. The van der Waals surface area contributed by atoms with Crippen molar-refractivity contribution in [3.8, 4) is 23.0 Å². The molecule has 4 aromatic rings. The Hall–Kier alpha value is -4.13. The Bertz CT molecular complexity index is 1330. The van der Waals surface area contributed by atoms with Crippen molar-refractivity contribution in [2.75, 3.05) is 11.5 Å². The lowest BCUT2D eigenvalue weighted by Gasteiger charge is -2.30. The smallest absolute Gasteiger partial charge is 0.418 e. The average Bonchev–Trinajstić information content (AvgIpc) is 2.81. The fourth-order valence-electron chi connectivity index (χ4n) is 3.92. The van der Waals surface area contributed by atoms with E-state index >= 15 is 0 Å². The molecule has 0 unspecified atom stereocenters. The normalized spacial score (nSPS) is 11.8. The summed E-state index contributed by atoms with van der Waals surface area (Å²) in [7, 11) is 0. The average molecular weight is 479 g/mol. The molecule has 7 heteroatoms. The van der Waals surface area contributed by atoms with Crippen molar-refractivity contribution in [3.63, 3.8) is 0 Å². The lowest BCUT2D eigenvalue weighted by atomic mass is 9.77. The van der Waals surface area contributed by atoms with Crippen LogP contribution in [0.25, 0.3) is 0 Å². The van der Waals surface area contributed by atoms with Gasteiger partial charge < -0.3 is 20.9 Å². The molecule has 0 radical (unpaired) electrons. The van der Waals surface area contributed by atoms with E-state index in [1.54, 1.807) is 36.4 Å². The van der Waals surface area contributed by atoms with Gasteiger partial charge in [-0.25, -0.2) is 0 Å². The monoisotopic (exact) mass is 478 g/mol. The number of hydrogen-bond acceptors (Lipinski definition) is 4. The summed E-state index contributed by atoms with van der Waals surface area (Å²) in [6.07, 6.45) is -4.58. The Balaban J connectivity index is 1.71. The highest BCUT2D eigenvalue weighted by atomic mass is 19.4. The topological polar surface area (TPSA) is 70.5 Å². The second kappa shape index (κ2) is 9.25. The fourth-order valence-corrected chi connectivity index (χ4v) is 3.92. The molecule has 0 atom stereocenters. The second-order valence-corrected chi connectivity index (χ2v) is 8.64. The third-order valence-corrected chi connectivity index (χ3v) is 5.79. The number of anilines is 2. The maximum atomic E-state index is 13.3. The van der Waals surface area contributed by atoms with Crippen LogP contribution in [-0.2, 0) is 11.6 Å². The van der Waals surface area contributed by atoms with E-state index in [-0.39, 0.29) is 11.4 Å². The van der Waals surface area contributed by atoms with Gasteiger partial charge in [0, 0.05) is 27.9 Å². The van der Waals surface area contributed by atoms with Crippen molar-refractivity contribution >= 4 is 11.4 Å². The van der Waals surface area contributed by atoms with Gasteiger partial charge in [0.1, 0.15) is 23.0 Å². The van der Waals surface area contributed by atoms with Crippen molar-refractivity contribution in [2.24, 2.45) is 0 Å². The number of nitrogen functional groups attached to an aromatic ring is 2. The van der Waals surface area contributed by atoms with Crippen LogP contribution in [0.15, 0.2) is 91.0 Å². The third kappa shape index (κ3) is 5.19. The molecule has 0 bridgehead atoms. The first-order valence-corrected chi connectivity index (χ1v) is 10.9. The number of benzene rings is 4. The van der Waals surface area contributed by atoms with Crippen LogP contribution in [0.1, 0.15) is 30.5 Å². The summed E-state index contributed by atoms with van der Waals surface area (Å²) in [5.74, 6) is 1.75. The first-order chi connectivity index (χ1) is 16.6. The Labute approximate surface area is 201 Å². The summed E-state index contributed by atoms with van der Waals surface area (Å²) in [6.45, 7) is 4.01. The molecule has 0 aliphatic carbocycles. The molecule has 0 saturated carbocycles. The number of hydrogen-bond donors (Lipinski definition) is 2. The van der Waals surface area contributed by atoms with Gasteiger partial charge in [0.05, 0.1) is 5.56 Å². The molecule has 0 aromatic heterocycles. The maximum Gasteiger partial charge on any atom is 0.418 e. The minimum atomic E-state index is -4.58. The van der Waals surface area contributed by atoms with Crippen molar-refractivity contribution in [1.82, 2.24) is 0 Å². The first-order valence-electron chi connectivity index (χ1n) is 10.9. The number of ether oxygens (including phenoxy) is 2. The molecule has 4 rings (SSSR count). The van der Waals surface area contributed by atoms with Crippen LogP contribution in [0.4, 0.5) is 24.5 Å². The lowest BCUT2D eigenvalue weighted by molar-refractivity contribution is -0.137. The number of rotatable bonds is 6. The van der Waals surface area contributed by atoms with Gasteiger partial charge in [0.25, 0.3) is 0 Å². The standard InChI is InChI=1S/C28H25F3N2O2/c1-27(2,21-7-3-5-9-25(21)34-19-13-11-18(32)12-14-19)22-8-4-6-10-26(22)35-20-15-16-24(33)23(17-20)28(29,30)31/h3-17H,32-33H2,1-2H3. The summed E-state index contributed by atoms with van der Waals surface area (Å²) in [6, 6.07) is 25.5. The van der Waals surface area contributed by atoms with Gasteiger partial charge in [-0.2, -0.15) is 13.2 Å². The predicted molar refractivity (Wildman–Crippen MR) is 132 cm³/mol. The summed E-state index contributed by atoms with van der Waals surface area (Å²) in [5.41, 5.74) is 11.7. The van der Waals surface area contributed by atoms with Gasteiger partial charge in [0.15, 0.2) is 0 Å². The van der Waals surface area contributed by atoms with E-state index in [1.165, 1.54) is 12.1 Å². The molecule has 0 saturated heterocycles. The number of nitrogens with two attached hydrogens (primary N) is 2.